The lowest BCUT2D eigenvalue weighted by Crippen LogP contribution is -2.49. The third kappa shape index (κ3) is 4.62. The zero-order valence-electron chi connectivity index (χ0n) is 13.8. The molecule has 138 valence electrons. The summed E-state index contributed by atoms with van der Waals surface area (Å²) < 4.78 is 27.1. The molecule has 26 heavy (non-hydrogen) atoms. The first kappa shape index (κ1) is 19.3. The van der Waals surface area contributed by atoms with Gasteiger partial charge in [-0.3, -0.25) is 4.90 Å². The predicted molar refractivity (Wildman–Crippen MR) is 106 cm³/mol. The number of rotatable bonds is 3. The summed E-state index contributed by atoms with van der Waals surface area (Å²) >= 11 is 17.6. The molecule has 0 unspecified atom stereocenters. The summed E-state index contributed by atoms with van der Waals surface area (Å²) in [6.07, 6.45) is 0. The van der Waals surface area contributed by atoms with Gasteiger partial charge in [-0.1, -0.05) is 35.3 Å². The minimum Gasteiger partial charge on any atom is -0.346 e. The quantitative estimate of drug-likeness (QED) is 0.726. The number of halogens is 4. The van der Waals surface area contributed by atoms with Gasteiger partial charge in [0.25, 0.3) is 0 Å². The van der Waals surface area contributed by atoms with Crippen LogP contribution in [0.15, 0.2) is 36.4 Å². The molecule has 2 aromatic carbocycles. The van der Waals surface area contributed by atoms with Crippen LogP contribution >= 0.6 is 35.4 Å². The van der Waals surface area contributed by atoms with E-state index in [4.69, 9.17) is 35.4 Å². The SMILES string of the molecule is Fc1cccc(CN2CCN(C(=S)Nc3cc(Cl)ccc3Cl)CC2)c1F. The molecular weight excluding hydrogens is 399 g/mol. The fourth-order valence-corrected chi connectivity index (χ4v) is 3.44. The van der Waals surface area contributed by atoms with Crippen molar-refractivity contribution in [3.63, 3.8) is 0 Å². The average Bonchev–Trinajstić information content (AvgIpc) is 2.62. The van der Waals surface area contributed by atoms with Crippen LogP contribution in [0.2, 0.25) is 10.0 Å². The molecule has 8 heteroatoms. The lowest BCUT2D eigenvalue weighted by molar-refractivity contribution is 0.175. The maximum atomic E-state index is 13.8. The molecule has 1 heterocycles. The van der Waals surface area contributed by atoms with Gasteiger partial charge >= 0.3 is 0 Å². The highest BCUT2D eigenvalue weighted by molar-refractivity contribution is 7.80. The molecule has 0 amide bonds. The van der Waals surface area contributed by atoms with Crippen molar-refractivity contribution in [1.82, 2.24) is 9.80 Å². The second-order valence-electron chi connectivity index (χ2n) is 6.03. The van der Waals surface area contributed by atoms with E-state index in [0.717, 1.165) is 6.07 Å². The zero-order valence-corrected chi connectivity index (χ0v) is 16.1. The number of thiocarbonyl (C=S) groups is 1. The summed E-state index contributed by atoms with van der Waals surface area (Å²) in [5.41, 5.74) is 1.03. The Morgan fingerprint density at radius 2 is 1.81 bits per heavy atom. The number of nitrogens with zero attached hydrogens (tertiary/aromatic N) is 2. The average molecular weight is 416 g/mol. The zero-order chi connectivity index (χ0) is 18.7. The third-order valence-electron chi connectivity index (χ3n) is 4.26. The maximum Gasteiger partial charge on any atom is 0.173 e. The van der Waals surface area contributed by atoms with Gasteiger partial charge in [-0.15, -0.1) is 0 Å². The van der Waals surface area contributed by atoms with Crippen molar-refractivity contribution >= 4 is 46.2 Å². The highest BCUT2D eigenvalue weighted by atomic mass is 35.5. The molecule has 1 N–H and O–H groups in total. The normalized spacial score (nSPS) is 15.2. The van der Waals surface area contributed by atoms with Crippen molar-refractivity contribution in [2.24, 2.45) is 0 Å². The van der Waals surface area contributed by atoms with Crippen LogP contribution < -0.4 is 5.32 Å². The molecule has 0 aliphatic carbocycles. The third-order valence-corrected chi connectivity index (χ3v) is 5.18. The lowest BCUT2D eigenvalue weighted by atomic mass is 10.2. The molecular formula is C18H17Cl2F2N3S. The van der Waals surface area contributed by atoms with Crippen molar-refractivity contribution in [1.29, 1.82) is 0 Å². The summed E-state index contributed by atoms with van der Waals surface area (Å²) in [4.78, 5) is 4.09. The highest BCUT2D eigenvalue weighted by Gasteiger charge is 2.21. The number of nitrogens with one attached hydrogen (secondary N) is 1. The molecule has 0 saturated carbocycles. The van der Waals surface area contributed by atoms with E-state index in [1.54, 1.807) is 24.3 Å². The lowest BCUT2D eigenvalue weighted by Gasteiger charge is -2.36. The van der Waals surface area contributed by atoms with Crippen molar-refractivity contribution in [3.8, 4) is 0 Å². The summed E-state index contributed by atoms with van der Waals surface area (Å²) in [6.45, 7) is 3.13. The minimum atomic E-state index is -0.815. The molecule has 3 nitrogen and oxygen atoms in total. The summed E-state index contributed by atoms with van der Waals surface area (Å²) in [5, 5.41) is 4.79. The Kier molecular flexibility index (Phi) is 6.29. The van der Waals surface area contributed by atoms with E-state index in [-0.39, 0.29) is 0 Å². The Morgan fingerprint density at radius 3 is 2.54 bits per heavy atom. The van der Waals surface area contributed by atoms with Gasteiger partial charge in [-0.05, 0) is 36.5 Å². The van der Waals surface area contributed by atoms with Gasteiger partial charge in [0.2, 0.25) is 0 Å². The van der Waals surface area contributed by atoms with Gasteiger partial charge in [-0.25, -0.2) is 8.78 Å². The first-order chi connectivity index (χ1) is 12.4. The van der Waals surface area contributed by atoms with Gasteiger partial charge in [0, 0.05) is 43.3 Å². The van der Waals surface area contributed by atoms with Crippen LogP contribution in [-0.4, -0.2) is 41.1 Å². The highest BCUT2D eigenvalue weighted by Crippen LogP contribution is 2.26. The van der Waals surface area contributed by atoms with Crippen LogP contribution in [-0.2, 0) is 6.54 Å². The molecule has 1 fully saturated rings. The second-order valence-corrected chi connectivity index (χ2v) is 7.26. The van der Waals surface area contributed by atoms with Gasteiger partial charge in [-0.2, -0.15) is 0 Å². The molecule has 3 rings (SSSR count). The summed E-state index contributed by atoms with van der Waals surface area (Å²) in [5.74, 6) is -1.59. The standard InChI is InChI=1S/C18H17Cl2F2N3S/c19-13-4-5-14(20)16(10-13)23-18(26)25-8-6-24(7-9-25)11-12-2-1-3-15(21)17(12)22/h1-5,10H,6-9,11H2,(H,23,26). The largest absolute Gasteiger partial charge is 0.346 e. The van der Waals surface area contributed by atoms with E-state index >= 15 is 0 Å². The monoisotopic (exact) mass is 415 g/mol. The second kappa shape index (κ2) is 8.48. The molecule has 2 aromatic rings. The Labute approximate surface area is 166 Å². The van der Waals surface area contributed by atoms with E-state index in [1.807, 2.05) is 4.90 Å². The molecule has 0 aromatic heterocycles. The maximum absolute atomic E-state index is 13.8. The predicted octanol–water partition coefficient (Wildman–Crippen LogP) is 4.79. The Bertz CT molecular complexity index is 811. The number of anilines is 1. The minimum absolute atomic E-state index is 0.366. The van der Waals surface area contributed by atoms with Gasteiger partial charge in [0.15, 0.2) is 16.7 Å². The topological polar surface area (TPSA) is 18.5 Å². The fraction of sp³-hybridized carbons (Fsp3) is 0.278. The van der Waals surface area contributed by atoms with Gasteiger partial charge in [0.05, 0.1) is 10.7 Å². The van der Waals surface area contributed by atoms with Crippen LogP contribution in [0.4, 0.5) is 14.5 Å². The van der Waals surface area contributed by atoms with Crippen molar-refractivity contribution in [2.75, 3.05) is 31.5 Å². The van der Waals surface area contributed by atoms with E-state index in [1.165, 1.54) is 6.07 Å². The fourth-order valence-electron chi connectivity index (χ4n) is 2.81. The summed E-state index contributed by atoms with van der Waals surface area (Å²) in [7, 11) is 0. The van der Waals surface area contributed by atoms with E-state index in [0.29, 0.717) is 59.1 Å². The molecule has 0 radical (unpaired) electrons. The molecule has 1 saturated heterocycles. The van der Waals surface area contributed by atoms with Crippen LogP contribution in [0.5, 0.6) is 0 Å². The van der Waals surface area contributed by atoms with E-state index in [2.05, 4.69) is 10.2 Å². The molecule has 0 spiro atoms. The molecule has 0 bridgehead atoms. The molecule has 1 aliphatic rings. The smallest absolute Gasteiger partial charge is 0.173 e. The van der Waals surface area contributed by atoms with Crippen molar-refractivity contribution < 1.29 is 8.78 Å². The Morgan fingerprint density at radius 1 is 1.08 bits per heavy atom. The number of benzene rings is 2. The van der Waals surface area contributed by atoms with Gasteiger partial charge in [0.1, 0.15) is 0 Å². The van der Waals surface area contributed by atoms with Crippen LogP contribution in [0, 0.1) is 11.6 Å². The van der Waals surface area contributed by atoms with E-state index < -0.39 is 11.6 Å². The Hall–Kier alpha value is -1.47. The molecule has 1 aliphatic heterocycles. The Balaban J connectivity index is 1.55. The first-order valence-corrected chi connectivity index (χ1v) is 9.26. The number of hydrogen-bond acceptors (Lipinski definition) is 2. The summed E-state index contributed by atoms with van der Waals surface area (Å²) in [6, 6.07) is 9.40. The van der Waals surface area contributed by atoms with Crippen LogP contribution in [0.1, 0.15) is 5.56 Å². The van der Waals surface area contributed by atoms with Crippen LogP contribution in [0.25, 0.3) is 0 Å². The van der Waals surface area contributed by atoms with E-state index in [9.17, 15) is 8.78 Å². The molecule has 0 atom stereocenters. The van der Waals surface area contributed by atoms with Crippen molar-refractivity contribution in [3.05, 3.63) is 63.6 Å². The van der Waals surface area contributed by atoms with Crippen molar-refractivity contribution in [2.45, 2.75) is 6.54 Å². The number of hydrogen-bond donors (Lipinski definition) is 1. The number of piperazine rings is 1. The van der Waals surface area contributed by atoms with Crippen LogP contribution in [0.3, 0.4) is 0 Å². The van der Waals surface area contributed by atoms with Gasteiger partial charge < -0.3 is 10.2 Å². The first-order valence-electron chi connectivity index (χ1n) is 8.10.